The summed E-state index contributed by atoms with van der Waals surface area (Å²) < 4.78 is 52.8. The van der Waals surface area contributed by atoms with Gasteiger partial charge in [0, 0.05) is 25.9 Å². The van der Waals surface area contributed by atoms with E-state index in [1.54, 1.807) is 24.0 Å². The Morgan fingerprint density at radius 2 is 2.05 bits per heavy atom. The highest BCUT2D eigenvalue weighted by atomic mass is 19.4. The monoisotopic (exact) mass is 302 g/mol. The number of hydrogen-bond donors (Lipinski definition) is 1. The van der Waals surface area contributed by atoms with Crippen LogP contribution >= 0.6 is 0 Å². The zero-order valence-corrected chi connectivity index (χ0v) is 11.2. The summed E-state index contributed by atoms with van der Waals surface area (Å²) in [5.74, 6) is -0.630. The maximum atomic E-state index is 13.2. The minimum Gasteiger partial charge on any atom is -0.388 e. The Bertz CT molecular complexity index is 622. The molecule has 114 valence electrons. The van der Waals surface area contributed by atoms with Gasteiger partial charge in [0.15, 0.2) is 0 Å². The van der Waals surface area contributed by atoms with E-state index in [1.165, 1.54) is 0 Å². The van der Waals surface area contributed by atoms with Gasteiger partial charge in [-0.05, 0) is 24.1 Å². The molecule has 0 saturated heterocycles. The number of aliphatic hydroxyl groups is 1. The van der Waals surface area contributed by atoms with Crippen molar-refractivity contribution in [2.24, 2.45) is 7.05 Å². The second kappa shape index (κ2) is 5.85. The van der Waals surface area contributed by atoms with E-state index in [2.05, 4.69) is 4.98 Å². The molecule has 0 saturated carbocycles. The molecule has 0 aliphatic heterocycles. The van der Waals surface area contributed by atoms with Crippen LogP contribution in [0.5, 0.6) is 0 Å². The highest BCUT2D eigenvalue weighted by Crippen LogP contribution is 2.33. The molecule has 0 aliphatic rings. The van der Waals surface area contributed by atoms with E-state index in [1.807, 2.05) is 0 Å². The zero-order chi connectivity index (χ0) is 15.6. The van der Waals surface area contributed by atoms with E-state index < -0.39 is 23.7 Å². The third-order valence-corrected chi connectivity index (χ3v) is 3.24. The van der Waals surface area contributed by atoms with Gasteiger partial charge in [0.2, 0.25) is 0 Å². The van der Waals surface area contributed by atoms with Crippen LogP contribution in [0.2, 0.25) is 0 Å². The molecular weight excluding hydrogens is 288 g/mol. The average molecular weight is 302 g/mol. The largest absolute Gasteiger partial charge is 0.419 e. The van der Waals surface area contributed by atoms with Gasteiger partial charge >= 0.3 is 6.18 Å². The number of alkyl halides is 3. The van der Waals surface area contributed by atoms with Crippen molar-refractivity contribution in [1.82, 2.24) is 9.55 Å². The summed E-state index contributed by atoms with van der Waals surface area (Å²) in [5, 5.41) is 9.96. The number of hydrogen-bond acceptors (Lipinski definition) is 2. The molecular formula is C14H14F4N2O. The Balaban J connectivity index is 2.12. The molecule has 1 aromatic heterocycles. The number of imidazole rings is 1. The van der Waals surface area contributed by atoms with Gasteiger partial charge in [0.05, 0.1) is 11.7 Å². The molecule has 0 spiro atoms. The van der Waals surface area contributed by atoms with Gasteiger partial charge in [-0.25, -0.2) is 9.37 Å². The van der Waals surface area contributed by atoms with Crippen LogP contribution in [0, 0.1) is 5.82 Å². The van der Waals surface area contributed by atoms with E-state index in [4.69, 9.17) is 0 Å². The first-order valence-electron chi connectivity index (χ1n) is 6.30. The summed E-state index contributed by atoms with van der Waals surface area (Å²) in [6.07, 6.45) is -1.94. The zero-order valence-electron chi connectivity index (χ0n) is 11.2. The summed E-state index contributed by atoms with van der Waals surface area (Å²) in [7, 11) is 1.79. The number of benzene rings is 1. The van der Waals surface area contributed by atoms with E-state index in [9.17, 15) is 22.7 Å². The van der Waals surface area contributed by atoms with Crippen molar-refractivity contribution in [1.29, 1.82) is 0 Å². The maximum Gasteiger partial charge on any atom is 0.419 e. The molecule has 0 bridgehead atoms. The van der Waals surface area contributed by atoms with Crippen LogP contribution in [0.15, 0.2) is 30.6 Å². The van der Waals surface area contributed by atoms with E-state index in [-0.39, 0.29) is 12.0 Å². The maximum absolute atomic E-state index is 13.2. The van der Waals surface area contributed by atoms with Crippen LogP contribution < -0.4 is 0 Å². The van der Waals surface area contributed by atoms with Gasteiger partial charge in [0.1, 0.15) is 11.6 Å². The third-order valence-electron chi connectivity index (χ3n) is 3.24. The average Bonchev–Trinajstić information content (AvgIpc) is 2.80. The SMILES string of the molecule is Cn1ccnc1CCC(O)c1ccc(F)c(C(F)(F)F)c1. The fourth-order valence-corrected chi connectivity index (χ4v) is 2.04. The highest BCUT2D eigenvalue weighted by Gasteiger charge is 2.34. The normalized spacial score (nSPS) is 13.4. The molecule has 1 heterocycles. The number of aliphatic hydroxyl groups excluding tert-OH is 1. The lowest BCUT2D eigenvalue weighted by Gasteiger charge is -2.14. The van der Waals surface area contributed by atoms with Crippen molar-refractivity contribution in [3.05, 3.63) is 53.4 Å². The van der Waals surface area contributed by atoms with Crippen LogP contribution in [-0.4, -0.2) is 14.7 Å². The topological polar surface area (TPSA) is 38.0 Å². The molecule has 1 atom stereocenters. The van der Waals surface area contributed by atoms with Crippen molar-refractivity contribution in [3.8, 4) is 0 Å². The molecule has 2 rings (SSSR count). The number of aryl methyl sites for hydroxylation is 2. The standard InChI is InChI=1S/C14H14F4N2O/c1-20-7-6-19-13(20)5-4-12(21)9-2-3-11(15)10(8-9)14(16,17)18/h2-3,6-8,12,21H,4-5H2,1H3. The van der Waals surface area contributed by atoms with Gasteiger partial charge in [0.25, 0.3) is 0 Å². The number of rotatable bonds is 4. The Labute approximate surface area is 118 Å². The minimum atomic E-state index is -4.78. The molecule has 7 heteroatoms. The Kier molecular flexibility index (Phi) is 4.32. The predicted molar refractivity (Wildman–Crippen MR) is 67.9 cm³/mol. The predicted octanol–water partition coefficient (Wildman–Crippen LogP) is 3.24. The molecule has 1 unspecified atom stereocenters. The fraction of sp³-hybridized carbons (Fsp3) is 0.357. The van der Waals surface area contributed by atoms with Gasteiger partial charge in [-0.1, -0.05) is 6.07 Å². The van der Waals surface area contributed by atoms with Crippen LogP contribution in [-0.2, 0) is 19.6 Å². The van der Waals surface area contributed by atoms with Crippen LogP contribution in [0.25, 0.3) is 0 Å². The number of halogens is 4. The first-order valence-corrected chi connectivity index (χ1v) is 6.30. The van der Waals surface area contributed by atoms with Crippen LogP contribution in [0.3, 0.4) is 0 Å². The summed E-state index contributed by atoms with van der Waals surface area (Å²) in [6, 6.07) is 2.54. The minimum absolute atomic E-state index is 0.0398. The second-order valence-electron chi connectivity index (χ2n) is 4.75. The molecule has 21 heavy (non-hydrogen) atoms. The quantitative estimate of drug-likeness (QED) is 0.881. The van der Waals surface area contributed by atoms with Crippen molar-refractivity contribution in [2.75, 3.05) is 0 Å². The van der Waals surface area contributed by atoms with Crippen molar-refractivity contribution in [2.45, 2.75) is 25.1 Å². The Morgan fingerprint density at radius 3 is 2.62 bits per heavy atom. The summed E-state index contributed by atoms with van der Waals surface area (Å²) in [6.45, 7) is 0. The lowest BCUT2D eigenvalue weighted by Crippen LogP contribution is -2.10. The third kappa shape index (κ3) is 3.60. The number of nitrogens with zero attached hydrogens (tertiary/aromatic N) is 2. The molecule has 0 radical (unpaired) electrons. The molecule has 2 aromatic rings. The molecule has 0 fully saturated rings. The van der Waals surface area contributed by atoms with E-state index in [0.29, 0.717) is 18.3 Å². The van der Waals surface area contributed by atoms with Gasteiger partial charge in [-0.15, -0.1) is 0 Å². The van der Waals surface area contributed by atoms with Gasteiger partial charge in [-0.3, -0.25) is 0 Å². The molecule has 0 amide bonds. The van der Waals surface area contributed by atoms with Gasteiger partial charge in [-0.2, -0.15) is 13.2 Å². The number of aromatic nitrogens is 2. The summed E-state index contributed by atoms with van der Waals surface area (Å²) in [4.78, 5) is 4.06. The summed E-state index contributed by atoms with van der Waals surface area (Å²) >= 11 is 0. The molecule has 1 aromatic carbocycles. The van der Waals surface area contributed by atoms with Crippen molar-refractivity contribution >= 4 is 0 Å². The molecule has 3 nitrogen and oxygen atoms in total. The van der Waals surface area contributed by atoms with E-state index in [0.717, 1.165) is 12.1 Å². The van der Waals surface area contributed by atoms with Gasteiger partial charge < -0.3 is 9.67 Å². The van der Waals surface area contributed by atoms with Crippen LogP contribution in [0.4, 0.5) is 17.6 Å². The van der Waals surface area contributed by atoms with Crippen molar-refractivity contribution < 1.29 is 22.7 Å². The summed E-state index contributed by atoms with van der Waals surface area (Å²) in [5.41, 5.74) is -1.33. The smallest absolute Gasteiger partial charge is 0.388 e. The molecule has 1 N–H and O–H groups in total. The Morgan fingerprint density at radius 1 is 1.33 bits per heavy atom. The highest BCUT2D eigenvalue weighted by molar-refractivity contribution is 5.28. The molecule has 0 aliphatic carbocycles. The van der Waals surface area contributed by atoms with Crippen LogP contribution in [0.1, 0.15) is 29.5 Å². The lowest BCUT2D eigenvalue weighted by atomic mass is 10.0. The second-order valence-corrected chi connectivity index (χ2v) is 4.75. The first-order chi connectivity index (χ1) is 9.79. The first kappa shape index (κ1) is 15.5. The van der Waals surface area contributed by atoms with E-state index >= 15 is 0 Å². The van der Waals surface area contributed by atoms with Crippen molar-refractivity contribution in [3.63, 3.8) is 0 Å². The lowest BCUT2D eigenvalue weighted by molar-refractivity contribution is -0.140. The Hall–Kier alpha value is -1.89. The fourth-order valence-electron chi connectivity index (χ4n) is 2.04.